The van der Waals surface area contributed by atoms with Gasteiger partial charge in [0, 0.05) is 35.5 Å². The van der Waals surface area contributed by atoms with E-state index in [0.29, 0.717) is 14.4 Å². The highest BCUT2D eigenvalue weighted by Crippen LogP contribution is 2.39. The summed E-state index contributed by atoms with van der Waals surface area (Å²) in [5.41, 5.74) is -0.0215. The molecule has 2 aromatic rings. The van der Waals surface area contributed by atoms with Crippen LogP contribution in [0.3, 0.4) is 0 Å². The number of rotatable bonds is 3. The van der Waals surface area contributed by atoms with Crippen LogP contribution >= 0.6 is 51.3 Å². The van der Waals surface area contributed by atoms with Crippen molar-refractivity contribution in [3.8, 4) is 0 Å². The number of benzene rings is 1. The molecule has 0 bridgehead atoms. The van der Waals surface area contributed by atoms with E-state index >= 15 is 0 Å². The summed E-state index contributed by atoms with van der Waals surface area (Å²) in [5, 5.41) is 3.27. The van der Waals surface area contributed by atoms with Gasteiger partial charge in [-0.2, -0.15) is 13.2 Å². The van der Waals surface area contributed by atoms with Crippen LogP contribution in [-0.4, -0.2) is 31.1 Å². The number of hydrogen-bond donors (Lipinski definition) is 1. The highest BCUT2D eigenvalue weighted by Gasteiger charge is 2.33. The van der Waals surface area contributed by atoms with Crippen LogP contribution in [0.25, 0.3) is 0 Å². The van der Waals surface area contributed by atoms with Gasteiger partial charge in [0.2, 0.25) is 0 Å². The van der Waals surface area contributed by atoms with E-state index in [1.165, 1.54) is 17.4 Å². The SMILES string of the molecule is Cl.FC(F)(F)c1cc(Br)cc([C@H](c2ccc(Cl)s2)N2CCNCC2)c1. The zero-order chi connectivity index (χ0) is 17.3. The van der Waals surface area contributed by atoms with Crippen molar-refractivity contribution in [1.29, 1.82) is 0 Å². The lowest BCUT2D eigenvalue weighted by molar-refractivity contribution is -0.137. The normalized spacial score (nSPS) is 17.2. The van der Waals surface area contributed by atoms with Crippen LogP contribution in [0.4, 0.5) is 13.2 Å². The van der Waals surface area contributed by atoms with Gasteiger partial charge >= 0.3 is 6.18 Å². The lowest BCUT2D eigenvalue weighted by Gasteiger charge is -2.35. The smallest absolute Gasteiger partial charge is 0.314 e. The number of thiophene rings is 1. The Morgan fingerprint density at radius 3 is 2.40 bits per heavy atom. The highest BCUT2D eigenvalue weighted by molar-refractivity contribution is 9.10. The van der Waals surface area contributed by atoms with Crippen LogP contribution in [0, 0.1) is 0 Å². The lowest BCUT2D eigenvalue weighted by atomic mass is 10.00. The molecular formula is C16H16BrCl2F3N2S. The topological polar surface area (TPSA) is 15.3 Å². The van der Waals surface area contributed by atoms with E-state index in [-0.39, 0.29) is 18.4 Å². The van der Waals surface area contributed by atoms with Crippen LogP contribution in [0.1, 0.15) is 22.0 Å². The number of piperazine rings is 1. The molecule has 2 heterocycles. The fourth-order valence-corrected chi connectivity index (χ4v) is 4.64. The molecule has 0 saturated carbocycles. The van der Waals surface area contributed by atoms with Crippen LogP contribution in [0.5, 0.6) is 0 Å². The molecule has 25 heavy (non-hydrogen) atoms. The number of alkyl halides is 3. The Bertz CT molecular complexity index is 718. The second-order valence-corrected chi connectivity index (χ2v) is 8.26. The van der Waals surface area contributed by atoms with Gasteiger partial charge in [-0.3, -0.25) is 4.90 Å². The third-order valence-electron chi connectivity index (χ3n) is 3.94. The molecule has 3 rings (SSSR count). The molecule has 0 amide bonds. The summed E-state index contributed by atoms with van der Waals surface area (Å²) in [7, 11) is 0. The van der Waals surface area contributed by atoms with Gasteiger partial charge in [0.05, 0.1) is 15.9 Å². The fourth-order valence-electron chi connectivity index (χ4n) is 2.90. The summed E-state index contributed by atoms with van der Waals surface area (Å²) >= 11 is 10.7. The average molecular weight is 476 g/mol. The summed E-state index contributed by atoms with van der Waals surface area (Å²) in [5.74, 6) is 0. The van der Waals surface area contributed by atoms with Crippen LogP contribution in [0.15, 0.2) is 34.8 Å². The van der Waals surface area contributed by atoms with Crippen LogP contribution in [0.2, 0.25) is 4.34 Å². The maximum Gasteiger partial charge on any atom is 0.416 e. The molecular weight excluding hydrogens is 460 g/mol. The largest absolute Gasteiger partial charge is 0.416 e. The molecule has 1 aromatic heterocycles. The van der Waals surface area contributed by atoms with Crippen molar-refractivity contribution < 1.29 is 13.2 Å². The van der Waals surface area contributed by atoms with E-state index in [2.05, 4.69) is 26.1 Å². The maximum atomic E-state index is 13.2. The van der Waals surface area contributed by atoms with Gasteiger partial charge in [0.25, 0.3) is 0 Å². The van der Waals surface area contributed by atoms with E-state index < -0.39 is 11.7 Å². The summed E-state index contributed by atoms with van der Waals surface area (Å²) in [6.45, 7) is 3.17. The second-order valence-electron chi connectivity index (χ2n) is 5.60. The van der Waals surface area contributed by atoms with Crippen molar-refractivity contribution in [2.24, 2.45) is 0 Å². The van der Waals surface area contributed by atoms with Crippen molar-refractivity contribution in [3.63, 3.8) is 0 Å². The van der Waals surface area contributed by atoms with Crippen molar-refractivity contribution in [3.05, 3.63) is 55.1 Å². The number of nitrogens with one attached hydrogen (secondary N) is 1. The average Bonchev–Trinajstić information content (AvgIpc) is 2.93. The minimum Gasteiger partial charge on any atom is -0.314 e. The predicted molar refractivity (Wildman–Crippen MR) is 102 cm³/mol. The molecule has 138 valence electrons. The van der Waals surface area contributed by atoms with Gasteiger partial charge in [0.15, 0.2) is 0 Å². The molecule has 9 heteroatoms. The number of hydrogen-bond acceptors (Lipinski definition) is 3. The van der Waals surface area contributed by atoms with Gasteiger partial charge in [0.1, 0.15) is 0 Å². The van der Waals surface area contributed by atoms with Crippen molar-refractivity contribution in [1.82, 2.24) is 10.2 Å². The van der Waals surface area contributed by atoms with E-state index in [1.54, 1.807) is 12.1 Å². The Morgan fingerprint density at radius 2 is 1.84 bits per heavy atom. The molecule has 1 aliphatic rings. The Labute approximate surface area is 167 Å². The third-order valence-corrected chi connectivity index (χ3v) is 5.68. The molecule has 0 aliphatic carbocycles. The van der Waals surface area contributed by atoms with Crippen LogP contribution in [-0.2, 0) is 6.18 Å². The van der Waals surface area contributed by atoms with Gasteiger partial charge in [-0.1, -0.05) is 27.5 Å². The zero-order valence-electron chi connectivity index (χ0n) is 12.9. The highest BCUT2D eigenvalue weighted by atomic mass is 79.9. The Morgan fingerprint density at radius 1 is 1.16 bits per heavy atom. The molecule has 1 N–H and O–H groups in total. The first-order chi connectivity index (χ1) is 11.3. The number of halogens is 6. The Kier molecular flexibility index (Phi) is 7.21. The maximum absolute atomic E-state index is 13.2. The summed E-state index contributed by atoms with van der Waals surface area (Å²) < 4.78 is 40.7. The van der Waals surface area contributed by atoms with E-state index in [4.69, 9.17) is 11.6 Å². The first-order valence-electron chi connectivity index (χ1n) is 7.42. The zero-order valence-corrected chi connectivity index (χ0v) is 16.9. The Hall–Kier alpha value is -0.310. The van der Waals surface area contributed by atoms with E-state index in [9.17, 15) is 13.2 Å². The summed E-state index contributed by atoms with van der Waals surface area (Å²) in [4.78, 5) is 3.15. The molecule has 0 spiro atoms. The summed E-state index contributed by atoms with van der Waals surface area (Å²) in [6.07, 6.45) is -4.38. The lowest BCUT2D eigenvalue weighted by Crippen LogP contribution is -2.45. The van der Waals surface area contributed by atoms with Gasteiger partial charge < -0.3 is 5.32 Å². The molecule has 0 radical (unpaired) electrons. The van der Waals surface area contributed by atoms with Gasteiger partial charge in [-0.25, -0.2) is 0 Å². The second kappa shape index (κ2) is 8.59. The van der Waals surface area contributed by atoms with Crippen LogP contribution < -0.4 is 5.32 Å². The van der Waals surface area contributed by atoms with E-state index in [1.807, 2.05) is 6.07 Å². The third kappa shape index (κ3) is 5.11. The molecule has 1 atom stereocenters. The van der Waals surface area contributed by atoms with Crippen molar-refractivity contribution >= 4 is 51.3 Å². The molecule has 2 nitrogen and oxygen atoms in total. The van der Waals surface area contributed by atoms with Gasteiger partial charge in [-0.05, 0) is 35.9 Å². The Balaban J connectivity index is 0.00000225. The molecule has 0 unspecified atom stereocenters. The first kappa shape index (κ1) is 21.0. The summed E-state index contributed by atoms with van der Waals surface area (Å²) in [6, 6.07) is 7.57. The standard InChI is InChI=1S/C16H15BrClF3N2S.ClH/c17-12-8-10(7-11(9-12)16(19,20)21)15(13-1-2-14(18)24-13)23-5-3-22-4-6-23;/h1-2,7-9,15,22H,3-6H2;1H/t15-;/m1./s1. The number of nitrogens with zero attached hydrogens (tertiary/aromatic N) is 1. The predicted octanol–water partition coefficient (Wildman–Crippen LogP) is 5.60. The molecule has 1 saturated heterocycles. The monoisotopic (exact) mass is 474 g/mol. The van der Waals surface area contributed by atoms with Crippen molar-refractivity contribution in [2.75, 3.05) is 26.2 Å². The van der Waals surface area contributed by atoms with E-state index in [0.717, 1.165) is 37.1 Å². The molecule has 1 aromatic carbocycles. The minimum absolute atomic E-state index is 0. The fraction of sp³-hybridized carbons (Fsp3) is 0.375. The van der Waals surface area contributed by atoms with Gasteiger partial charge in [-0.15, -0.1) is 23.7 Å². The van der Waals surface area contributed by atoms with Crippen molar-refractivity contribution in [2.45, 2.75) is 12.2 Å². The quantitative estimate of drug-likeness (QED) is 0.621. The molecule has 1 aliphatic heterocycles. The minimum atomic E-state index is -4.38. The molecule has 1 fully saturated rings. The first-order valence-corrected chi connectivity index (χ1v) is 9.41.